The standard InChI is InChI=1S/C12H16N2O3S/c1-3-16-11(15)8-17-14-12(13)9-5-4-6-10(7-9)18-2/h4-7H,3,8H2,1-2H3,(H2,13,14). The summed E-state index contributed by atoms with van der Waals surface area (Å²) in [5.74, 6) is -0.234. The summed E-state index contributed by atoms with van der Waals surface area (Å²) in [4.78, 5) is 16.9. The van der Waals surface area contributed by atoms with Crippen molar-refractivity contribution in [2.45, 2.75) is 11.8 Å². The van der Waals surface area contributed by atoms with E-state index in [1.807, 2.05) is 30.5 Å². The highest BCUT2D eigenvalue weighted by Crippen LogP contribution is 2.15. The Morgan fingerprint density at radius 2 is 2.28 bits per heavy atom. The van der Waals surface area contributed by atoms with E-state index >= 15 is 0 Å². The molecule has 0 atom stereocenters. The lowest BCUT2D eigenvalue weighted by Crippen LogP contribution is -2.16. The first kappa shape index (κ1) is 14.4. The van der Waals surface area contributed by atoms with Gasteiger partial charge in [0.15, 0.2) is 5.84 Å². The second-order valence-corrected chi connectivity index (χ2v) is 4.17. The van der Waals surface area contributed by atoms with Crippen molar-refractivity contribution in [2.24, 2.45) is 10.9 Å². The van der Waals surface area contributed by atoms with Gasteiger partial charge in [0, 0.05) is 10.5 Å². The van der Waals surface area contributed by atoms with E-state index in [0.717, 1.165) is 10.5 Å². The zero-order valence-corrected chi connectivity index (χ0v) is 11.2. The summed E-state index contributed by atoms with van der Waals surface area (Å²) in [6.45, 7) is 1.80. The van der Waals surface area contributed by atoms with Crippen molar-refractivity contribution in [1.29, 1.82) is 0 Å². The molecule has 0 aliphatic heterocycles. The van der Waals surface area contributed by atoms with Crippen LogP contribution < -0.4 is 5.73 Å². The van der Waals surface area contributed by atoms with Crippen LogP contribution in [0.1, 0.15) is 12.5 Å². The molecule has 1 aromatic carbocycles. The molecule has 0 aliphatic rings. The Bertz CT molecular complexity index is 435. The summed E-state index contributed by atoms with van der Waals surface area (Å²) >= 11 is 1.61. The molecule has 0 saturated heterocycles. The van der Waals surface area contributed by atoms with Gasteiger partial charge >= 0.3 is 5.97 Å². The summed E-state index contributed by atoms with van der Waals surface area (Å²) in [5.41, 5.74) is 6.50. The second kappa shape index (κ2) is 7.60. The Kier molecular flexibility index (Phi) is 6.07. The van der Waals surface area contributed by atoms with E-state index in [1.165, 1.54) is 0 Å². The smallest absolute Gasteiger partial charge is 0.347 e. The first-order valence-corrected chi connectivity index (χ1v) is 6.65. The van der Waals surface area contributed by atoms with Gasteiger partial charge in [-0.3, -0.25) is 0 Å². The molecule has 0 bridgehead atoms. The molecule has 18 heavy (non-hydrogen) atoms. The molecular formula is C12H16N2O3S. The van der Waals surface area contributed by atoms with Crippen molar-refractivity contribution in [3.8, 4) is 0 Å². The van der Waals surface area contributed by atoms with Crippen LogP contribution in [0.4, 0.5) is 0 Å². The van der Waals surface area contributed by atoms with Gasteiger partial charge in [0.2, 0.25) is 6.61 Å². The number of hydrogen-bond acceptors (Lipinski definition) is 5. The van der Waals surface area contributed by atoms with Crippen molar-refractivity contribution < 1.29 is 14.4 Å². The Morgan fingerprint density at radius 3 is 2.94 bits per heavy atom. The number of thioether (sulfide) groups is 1. The largest absolute Gasteiger partial charge is 0.463 e. The van der Waals surface area contributed by atoms with Gasteiger partial charge in [-0.2, -0.15) is 0 Å². The maximum Gasteiger partial charge on any atom is 0.347 e. The zero-order chi connectivity index (χ0) is 13.4. The summed E-state index contributed by atoms with van der Waals surface area (Å²) < 4.78 is 4.69. The predicted molar refractivity (Wildman–Crippen MR) is 71.5 cm³/mol. The van der Waals surface area contributed by atoms with Crippen LogP contribution in [-0.4, -0.2) is 31.3 Å². The highest BCUT2D eigenvalue weighted by atomic mass is 32.2. The number of amidine groups is 1. The van der Waals surface area contributed by atoms with Gasteiger partial charge in [0.25, 0.3) is 0 Å². The van der Waals surface area contributed by atoms with Crippen LogP contribution in [0.3, 0.4) is 0 Å². The third-order valence-electron chi connectivity index (χ3n) is 2.02. The fourth-order valence-electron chi connectivity index (χ4n) is 1.19. The van der Waals surface area contributed by atoms with Crippen LogP contribution in [0.15, 0.2) is 34.3 Å². The van der Waals surface area contributed by atoms with E-state index < -0.39 is 5.97 Å². The number of nitrogens with zero attached hydrogens (tertiary/aromatic N) is 1. The monoisotopic (exact) mass is 268 g/mol. The summed E-state index contributed by atoms with van der Waals surface area (Å²) in [6.07, 6.45) is 1.98. The third kappa shape index (κ3) is 4.67. The molecule has 0 aromatic heterocycles. The number of esters is 1. The fourth-order valence-corrected chi connectivity index (χ4v) is 1.65. The Morgan fingerprint density at radius 1 is 1.50 bits per heavy atom. The minimum atomic E-state index is -0.466. The number of rotatable bonds is 6. The summed E-state index contributed by atoms with van der Waals surface area (Å²) in [6, 6.07) is 7.58. The van der Waals surface area contributed by atoms with Gasteiger partial charge in [-0.15, -0.1) is 11.8 Å². The molecule has 0 unspecified atom stereocenters. The Balaban J connectivity index is 2.57. The van der Waals surface area contributed by atoms with Gasteiger partial charge < -0.3 is 15.3 Å². The van der Waals surface area contributed by atoms with E-state index in [2.05, 4.69) is 9.89 Å². The number of oxime groups is 1. The Labute approximate surface area is 110 Å². The lowest BCUT2D eigenvalue weighted by molar-refractivity contribution is -0.148. The van der Waals surface area contributed by atoms with E-state index in [-0.39, 0.29) is 12.4 Å². The van der Waals surface area contributed by atoms with Crippen LogP contribution in [-0.2, 0) is 14.4 Å². The van der Waals surface area contributed by atoms with E-state index in [0.29, 0.717) is 6.61 Å². The molecule has 6 heteroatoms. The first-order chi connectivity index (χ1) is 8.67. The molecule has 5 nitrogen and oxygen atoms in total. The molecule has 2 N–H and O–H groups in total. The number of benzene rings is 1. The molecule has 1 aromatic rings. The fraction of sp³-hybridized carbons (Fsp3) is 0.333. The quantitative estimate of drug-likeness (QED) is 0.279. The van der Waals surface area contributed by atoms with E-state index in [9.17, 15) is 4.79 Å². The number of carbonyl (C=O) groups excluding carboxylic acids is 1. The minimum Gasteiger partial charge on any atom is -0.463 e. The Hall–Kier alpha value is -1.69. The second-order valence-electron chi connectivity index (χ2n) is 3.29. The third-order valence-corrected chi connectivity index (χ3v) is 2.74. The van der Waals surface area contributed by atoms with E-state index in [1.54, 1.807) is 18.7 Å². The molecule has 0 amide bonds. The van der Waals surface area contributed by atoms with Crippen molar-refractivity contribution >= 4 is 23.6 Å². The maximum atomic E-state index is 11.0. The number of hydrogen-bond donors (Lipinski definition) is 1. The number of ether oxygens (including phenoxy) is 1. The van der Waals surface area contributed by atoms with Crippen molar-refractivity contribution in [3.63, 3.8) is 0 Å². The van der Waals surface area contributed by atoms with Crippen molar-refractivity contribution in [2.75, 3.05) is 19.5 Å². The van der Waals surface area contributed by atoms with Crippen LogP contribution in [0.2, 0.25) is 0 Å². The maximum absolute atomic E-state index is 11.0. The molecule has 0 aliphatic carbocycles. The average Bonchev–Trinajstić information content (AvgIpc) is 2.39. The SMILES string of the molecule is CCOC(=O)CON=C(N)c1cccc(SC)c1. The molecule has 0 saturated carbocycles. The topological polar surface area (TPSA) is 73.9 Å². The summed E-state index contributed by atoms with van der Waals surface area (Å²) in [7, 11) is 0. The van der Waals surface area contributed by atoms with E-state index in [4.69, 9.17) is 10.6 Å². The van der Waals surface area contributed by atoms with Gasteiger partial charge in [-0.1, -0.05) is 17.3 Å². The number of carbonyl (C=O) groups is 1. The normalized spacial score (nSPS) is 11.1. The van der Waals surface area contributed by atoms with Gasteiger partial charge in [0.1, 0.15) is 0 Å². The van der Waals surface area contributed by atoms with Gasteiger partial charge in [0.05, 0.1) is 6.61 Å². The van der Waals surface area contributed by atoms with Crippen molar-refractivity contribution in [1.82, 2.24) is 0 Å². The molecule has 0 radical (unpaired) electrons. The molecule has 0 fully saturated rings. The van der Waals surface area contributed by atoms with Gasteiger partial charge in [-0.05, 0) is 25.3 Å². The van der Waals surface area contributed by atoms with Gasteiger partial charge in [-0.25, -0.2) is 4.79 Å². The molecule has 1 rings (SSSR count). The molecule has 0 spiro atoms. The zero-order valence-electron chi connectivity index (χ0n) is 10.4. The average molecular weight is 268 g/mol. The molecular weight excluding hydrogens is 252 g/mol. The lowest BCUT2D eigenvalue weighted by atomic mass is 10.2. The minimum absolute atomic E-state index is 0.232. The van der Waals surface area contributed by atoms with Crippen LogP contribution in [0, 0.1) is 0 Å². The van der Waals surface area contributed by atoms with Crippen molar-refractivity contribution in [3.05, 3.63) is 29.8 Å². The predicted octanol–water partition coefficient (Wildman–Crippen LogP) is 1.61. The highest BCUT2D eigenvalue weighted by molar-refractivity contribution is 7.98. The van der Waals surface area contributed by atoms with Crippen LogP contribution >= 0.6 is 11.8 Å². The lowest BCUT2D eigenvalue weighted by Gasteiger charge is -2.03. The van der Waals surface area contributed by atoms with Crippen LogP contribution in [0.5, 0.6) is 0 Å². The van der Waals surface area contributed by atoms with Crippen LogP contribution in [0.25, 0.3) is 0 Å². The highest BCUT2D eigenvalue weighted by Gasteiger charge is 2.03. The summed E-state index contributed by atoms with van der Waals surface area (Å²) in [5, 5.41) is 3.68. The number of nitrogens with two attached hydrogens (primary N) is 1. The first-order valence-electron chi connectivity index (χ1n) is 5.42. The molecule has 98 valence electrons. The molecule has 0 heterocycles.